The summed E-state index contributed by atoms with van der Waals surface area (Å²) in [5.41, 5.74) is 1.42. The van der Waals surface area contributed by atoms with Crippen LogP contribution in [0, 0.1) is 0 Å². The van der Waals surface area contributed by atoms with Crippen molar-refractivity contribution in [1.82, 2.24) is 15.1 Å². The second-order valence-electron chi connectivity index (χ2n) is 5.61. The number of benzene rings is 1. The van der Waals surface area contributed by atoms with Gasteiger partial charge in [-0.1, -0.05) is 12.1 Å². The Morgan fingerprint density at radius 1 is 1.25 bits per heavy atom. The molecule has 0 aliphatic carbocycles. The number of nitrogens with zero attached hydrogens (tertiary/aromatic N) is 2. The van der Waals surface area contributed by atoms with Crippen molar-refractivity contribution in [2.24, 2.45) is 0 Å². The van der Waals surface area contributed by atoms with Crippen molar-refractivity contribution in [2.45, 2.75) is 26.3 Å². The van der Waals surface area contributed by atoms with E-state index in [1.54, 1.807) is 29.1 Å². The van der Waals surface area contributed by atoms with Crippen molar-refractivity contribution in [3.63, 3.8) is 0 Å². The molecule has 0 fully saturated rings. The minimum atomic E-state index is -1.01. The lowest BCUT2D eigenvalue weighted by Crippen LogP contribution is -2.26. The average Bonchev–Trinajstić information content (AvgIpc) is 3.04. The molecule has 0 spiro atoms. The number of carbonyl (C=O) groups excluding carboxylic acids is 1. The summed E-state index contributed by atoms with van der Waals surface area (Å²) < 4.78 is 6.81. The van der Waals surface area contributed by atoms with E-state index in [9.17, 15) is 9.59 Å². The van der Waals surface area contributed by atoms with Crippen LogP contribution >= 0.6 is 0 Å². The number of amides is 1. The Kier molecular flexibility index (Phi) is 5.95. The molecule has 2 rings (SSSR count). The quantitative estimate of drug-likeness (QED) is 0.770. The maximum absolute atomic E-state index is 12.0. The molecule has 0 aliphatic heterocycles. The first-order valence-corrected chi connectivity index (χ1v) is 7.72. The van der Waals surface area contributed by atoms with Crippen molar-refractivity contribution in [3.8, 4) is 5.75 Å². The number of nitrogens with one attached hydrogen (secondary N) is 1. The highest BCUT2D eigenvalue weighted by molar-refractivity contribution is 5.92. The van der Waals surface area contributed by atoms with Crippen molar-refractivity contribution >= 4 is 11.9 Å². The minimum Gasteiger partial charge on any atom is -0.482 e. The summed E-state index contributed by atoms with van der Waals surface area (Å²) in [4.78, 5) is 22.4. The number of hydrogen-bond acceptors (Lipinski definition) is 4. The van der Waals surface area contributed by atoms with E-state index in [0.29, 0.717) is 24.4 Å². The average molecular weight is 331 g/mol. The van der Waals surface area contributed by atoms with Crippen molar-refractivity contribution in [1.29, 1.82) is 0 Å². The number of carboxylic acids is 1. The van der Waals surface area contributed by atoms with Crippen molar-refractivity contribution in [2.75, 3.05) is 13.2 Å². The fourth-order valence-corrected chi connectivity index (χ4v) is 2.06. The molecule has 0 atom stereocenters. The van der Waals surface area contributed by atoms with Gasteiger partial charge in [-0.15, -0.1) is 0 Å². The SMILES string of the molecule is CC(C)n1ccc(C(=O)NCCc2ccc(OCC(=O)O)cc2)n1. The lowest BCUT2D eigenvalue weighted by molar-refractivity contribution is -0.139. The molecule has 2 N–H and O–H groups in total. The van der Waals surface area contributed by atoms with Crippen LogP contribution in [0.2, 0.25) is 0 Å². The maximum atomic E-state index is 12.0. The van der Waals surface area contributed by atoms with Gasteiger partial charge in [0.05, 0.1) is 0 Å². The zero-order valence-electron chi connectivity index (χ0n) is 13.7. The van der Waals surface area contributed by atoms with Gasteiger partial charge in [0.25, 0.3) is 5.91 Å². The molecule has 0 saturated heterocycles. The first kappa shape index (κ1) is 17.5. The minimum absolute atomic E-state index is 0.198. The van der Waals surface area contributed by atoms with Gasteiger partial charge in [0, 0.05) is 18.8 Å². The molecule has 128 valence electrons. The number of rotatable bonds is 8. The third kappa shape index (κ3) is 5.12. The van der Waals surface area contributed by atoms with Gasteiger partial charge in [-0.2, -0.15) is 5.10 Å². The van der Waals surface area contributed by atoms with E-state index in [-0.39, 0.29) is 18.6 Å². The third-order valence-corrected chi connectivity index (χ3v) is 3.35. The van der Waals surface area contributed by atoms with Crippen LogP contribution in [0.4, 0.5) is 0 Å². The Morgan fingerprint density at radius 2 is 1.96 bits per heavy atom. The number of aliphatic carboxylic acids is 1. The molecule has 1 heterocycles. The van der Waals surface area contributed by atoms with Gasteiger partial charge in [0.2, 0.25) is 0 Å². The number of aromatic nitrogens is 2. The van der Waals surface area contributed by atoms with Crippen molar-refractivity contribution in [3.05, 3.63) is 47.8 Å². The standard InChI is InChI=1S/C17H21N3O4/c1-12(2)20-10-8-15(19-20)17(23)18-9-7-13-3-5-14(6-4-13)24-11-16(21)22/h3-6,8,10,12H,7,9,11H2,1-2H3,(H,18,23)(H,21,22). The second kappa shape index (κ2) is 8.14. The largest absolute Gasteiger partial charge is 0.482 e. The second-order valence-corrected chi connectivity index (χ2v) is 5.61. The van der Waals surface area contributed by atoms with E-state index in [1.165, 1.54) is 0 Å². The Balaban J connectivity index is 1.78. The summed E-state index contributed by atoms with van der Waals surface area (Å²) in [5.74, 6) is -0.707. The predicted molar refractivity (Wildman–Crippen MR) is 88.2 cm³/mol. The molecule has 1 amide bonds. The molecule has 0 bridgehead atoms. The van der Waals surface area contributed by atoms with E-state index in [4.69, 9.17) is 9.84 Å². The third-order valence-electron chi connectivity index (χ3n) is 3.35. The zero-order chi connectivity index (χ0) is 17.5. The fourth-order valence-electron chi connectivity index (χ4n) is 2.06. The van der Waals surface area contributed by atoms with Crippen LogP contribution in [0.25, 0.3) is 0 Å². The fraction of sp³-hybridized carbons (Fsp3) is 0.353. The summed E-state index contributed by atoms with van der Waals surface area (Å²) in [6.45, 7) is 4.12. The normalized spacial score (nSPS) is 10.6. The van der Waals surface area contributed by atoms with Gasteiger partial charge in [-0.25, -0.2) is 4.79 Å². The van der Waals surface area contributed by atoms with Gasteiger partial charge < -0.3 is 15.2 Å². The summed E-state index contributed by atoms with van der Waals surface area (Å²) in [6, 6.07) is 9.03. The van der Waals surface area contributed by atoms with Gasteiger partial charge in [0.15, 0.2) is 6.61 Å². The molecule has 0 aliphatic rings. The molecular weight excluding hydrogens is 310 g/mol. The monoisotopic (exact) mass is 331 g/mol. The maximum Gasteiger partial charge on any atom is 0.341 e. The number of carbonyl (C=O) groups is 2. The van der Waals surface area contributed by atoms with Gasteiger partial charge >= 0.3 is 5.97 Å². The highest BCUT2D eigenvalue weighted by Gasteiger charge is 2.10. The van der Waals surface area contributed by atoms with Crippen molar-refractivity contribution < 1.29 is 19.4 Å². The van der Waals surface area contributed by atoms with E-state index in [2.05, 4.69) is 10.4 Å². The van der Waals surface area contributed by atoms with Gasteiger partial charge in [0.1, 0.15) is 11.4 Å². The Bertz CT molecular complexity index is 692. The summed E-state index contributed by atoms with van der Waals surface area (Å²) >= 11 is 0. The molecular formula is C17H21N3O4. The number of carboxylic acid groups (broad SMARTS) is 1. The van der Waals surface area contributed by atoms with Crippen LogP contribution in [0.5, 0.6) is 5.75 Å². The van der Waals surface area contributed by atoms with E-state index in [0.717, 1.165) is 5.56 Å². The van der Waals surface area contributed by atoms with Crippen LogP contribution in [0.15, 0.2) is 36.5 Å². The molecule has 7 heteroatoms. The van der Waals surface area contributed by atoms with Crippen LogP contribution in [0.3, 0.4) is 0 Å². The summed E-state index contributed by atoms with van der Waals surface area (Å²) in [7, 11) is 0. The molecule has 24 heavy (non-hydrogen) atoms. The Morgan fingerprint density at radius 3 is 2.54 bits per heavy atom. The zero-order valence-corrected chi connectivity index (χ0v) is 13.7. The van der Waals surface area contributed by atoms with Crippen LogP contribution < -0.4 is 10.1 Å². The Labute approximate surface area is 140 Å². The van der Waals surface area contributed by atoms with Crippen LogP contribution in [0.1, 0.15) is 35.9 Å². The van der Waals surface area contributed by atoms with E-state index < -0.39 is 5.97 Å². The van der Waals surface area contributed by atoms with E-state index >= 15 is 0 Å². The molecule has 2 aromatic rings. The number of ether oxygens (including phenoxy) is 1. The van der Waals surface area contributed by atoms with Gasteiger partial charge in [-0.3, -0.25) is 9.48 Å². The Hall–Kier alpha value is -2.83. The summed E-state index contributed by atoms with van der Waals surface area (Å²) in [6.07, 6.45) is 2.45. The molecule has 1 aromatic heterocycles. The van der Waals surface area contributed by atoms with E-state index in [1.807, 2.05) is 26.0 Å². The van der Waals surface area contributed by atoms with Gasteiger partial charge in [-0.05, 0) is 44.0 Å². The highest BCUT2D eigenvalue weighted by atomic mass is 16.5. The smallest absolute Gasteiger partial charge is 0.341 e. The van der Waals surface area contributed by atoms with Crippen LogP contribution in [-0.2, 0) is 11.2 Å². The van der Waals surface area contributed by atoms with Crippen LogP contribution in [-0.4, -0.2) is 39.9 Å². The lowest BCUT2D eigenvalue weighted by Gasteiger charge is -2.06. The highest BCUT2D eigenvalue weighted by Crippen LogP contribution is 2.12. The number of hydrogen-bond donors (Lipinski definition) is 2. The lowest BCUT2D eigenvalue weighted by atomic mass is 10.1. The molecule has 0 unspecified atom stereocenters. The first-order valence-electron chi connectivity index (χ1n) is 7.72. The molecule has 7 nitrogen and oxygen atoms in total. The first-order chi connectivity index (χ1) is 11.5. The molecule has 0 saturated carbocycles. The molecule has 0 radical (unpaired) electrons. The predicted octanol–water partition coefficient (Wildman–Crippen LogP) is 1.90. The summed E-state index contributed by atoms with van der Waals surface area (Å²) in [5, 5.41) is 15.6. The topological polar surface area (TPSA) is 93.5 Å². The molecule has 1 aromatic carbocycles.